The molecule has 5 N–H and O–H groups in total. The third-order valence-corrected chi connectivity index (χ3v) is 11.3. The smallest absolute Gasteiger partial charge is 0.287 e. The van der Waals surface area contributed by atoms with E-state index in [2.05, 4.69) is 61.6 Å². The van der Waals surface area contributed by atoms with Gasteiger partial charge in [0.15, 0.2) is 0 Å². The normalized spacial score (nSPS) is 18.2. The number of para-hydroxylation sites is 1. The van der Waals surface area contributed by atoms with Crippen molar-refractivity contribution in [3.63, 3.8) is 0 Å². The van der Waals surface area contributed by atoms with Gasteiger partial charge in [-0.2, -0.15) is 5.10 Å². The average molecular weight is 785 g/mol. The molecule has 4 heterocycles. The van der Waals surface area contributed by atoms with Gasteiger partial charge in [-0.15, -0.1) is 11.3 Å². The lowest BCUT2D eigenvalue weighted by molar-refractivity contribution is -0.141. The number of anilines is 1. The van der Waals surface area contributed by atoms with E-state index in [1.165, 1.54) is 0 Å². The number of H-pyrrole nitrogens is 1. The number of hydrogen-bond donors (Lipinski definition) is 5. The van der Waals surface area contributed by atoms with Gasteiger partial charge < -0.3 is 35.4 Å². The number of phenolic OH excluding ortho intramolecular Hbond substituents is 1. The van der Waals surface area contributed by atoms with Crippen LogP contribution >= 0.6 is 11.3 Å². The number of aromatic nitrogens is 3. The monoisotopic (exact) mass is 784 g/mol. The number of β-amino-alcohol motifs (C(OH)–C–C–N with tert-alkyl or cyclic N) is 1. The number of aryl methyl sites for hydroxylation is 1. The lowest BCUT2D eigenvalue weighted by Gasteiger charge is -2.36. The number of aliphatic hydroxyl groups is 1. The molecular weight excluding hydrogens is 733 g/mol. The molecule has 2 aliphatic heterocycles. The number of aliphatic hydroxyl groups excluding tert-OH is 1. The molecule has 56 heavy (non-hydrogen) atoms. The summed E-state index contributed by atoms with van der Waals surface area (Å²) in [6, 6.07) is 15.5. The van der Waals surface area contributed by atoms with Crippen LogP contribution in [0, 0.1) is 12.3 Å². The van der Waals surface area contributed by atoms with Crippen LogP contribution in [-0.4, -0.2) is 118 Å². The van der Waals surface area contributed by atoms with Gasteiger partial charge >= 0.3 is 0 Å². The topological polar surface area (TPSA) is 176 Å². The maximum atomic E-state index is 14.1. The molecule has 2 fully saturated rings. The number of thiazole rings is 1. The Morgan fingerprint density at radius 3 is 2.52 bits per heavy atom. The first-order chi connectivity index (χ1) is 26.8. The number of benzene rings is 2. The predicted molar refractivity (Wildman–Crippen MR) is 217 cm³/mol. The molecule has 3 atom stereocenters. The van der Waals surface area contributed by atoms with Crippen molar-refractivity contribution in [3.8, 4) is 27.4 Å². The summed E-state index contributed by atoms with van der Waals surface area (Å²) in [5.41, 5.74) is 6.25. The molecule has 14 nitrogen and oxygen atoms in total. The minimum Gasteiger partial charge on any atom is -0.507 e. The maximum absolute atomic E-state index is 14.1. The van der Waals surface area contributed by atoms with E-state index in [1.54, 1.807) is 46.6 Å². The predicted octanol–water partition coefficient (Wildman–Crippen LogP) is 3.51. The van der Waals surface area contributed by atoms with Crippen molar-refractivity contribution in [2.75, 3.05) is 57.4 Å². The second-order valence-electron chi connectivity index (χ2n) is 15.5. The molecule has 0 bridgehead atoms. The van der Waals surface area contributed by atoms with Crippen LogP contribution in [-0.2, 0) is 20.9 Å². The van der Waals surface area contributed by atoms with Crippen molar-refractivity contribution in [1.82, 2.24) is 35.6 Å². The van der Waals surface area contributed by atoms with Crippen LogP contribution in [0.5, 0.6) is 5.75 Å². The molecular formula is C41H52N8O6S. The Kier molecular flexibility index (Phi) is 12.9. The highest BCUT2D eigenvalue weighted by Crippen LogP contribution is 2.30. The molecule has 15 heteroatoms. The van der Waals surface area contributed by atoms with E-state index in [9.17, 15) is 24.6 Å². The Morgan fingerprint density at radius 2 is 1.84 bits per heavy atom. The van der Waals surface area contributed by atoms with Crippen LogP contribution < -0.4 is 21.1 Å². The molecule has 0 aliphatic carbocycles. The van der Waals surface area contributed by atoms with E-state index in [0.717, 1.165) is 21.7 Å². The van der Waals surface area contributed by atoms with E-state index < -0.39 is 29.5 Å². The Hall–Kier alpha value is -5.09. The van der Waals surface area contributed by atoms with Crippen molar-refractivity contribution in [2.24, 2.45) is 5.41 Å². The number of carbonyl (C=O) groups is 2. The minimum absolute atomic E-state index is 0.0869. The Balaban J connectivity index is 0.960. The lowest BCUT2D eigenvalue weighted by atomic mass is 9.85. The molecule has 0 unspecified atom stereocenters. The fourth-order valence-corrected chi connectivity index (χ4v) is 7.93. The van der Waals surface area contributed by atoms with E-state index in [-0.39, 0.29) is 30.4 Å². The molecule has 2 aromatic heterocycles. The van der Waals surface area contributed by atoms with Crippen molar-refractivity contribution in [3.05, 3.63) is 94.0 Å². The lowest BCUT2D eigenvalue weighted by Crippen LogP contribution is -2.57. The summed E-state index contributed by atoms with van der Waals surface area (Å²) in [4.78, 5) is 51.2. The van der Waals surface area contributed by atoms with E-state index in [1.807, 2.05) is 38.1 Å². The Labute approximate surface area is 331 Å². The number of phenols is 1. The fourth-order valence-electron chi connectivity index (χ4n) is 7.12. The zero-order valence-corrected chi connectivity index (χ0v) is 33.3. The van der Waals surface area contributed by atoms with Crippen LogP contribution in [0.1, 0.15) is 38.4 Å². The summed E-state index contributed by atoms with van der Waals surface area (Å²) >= 11 is 1.61. The third-order valence-electron chi connectivity index (χ3n) is 10.3. The summed E-state index contributed by atoms with van der Waals surface area (Å²) < 4.78 is 5.76. The van der Waals surface area contributed by atoms with Gasteiger partial charge in [0.05, 0.1) is 40.5 Å². The molecule has 2 aliphatic rings. The first-order valence-electron chi connectivity index (χ1n) is 18.9. The van der Waals surface area contributed by atoms with Crippen molar-refractivity contribution in [2.45, 2.75) is 58.8 Å². The first-order valence-corrected chi connectivity index (χ1v) is 19.8. The summed E-state index contributed by atoms with van der Waals surface area (Å²) in [6.07, 6.45) is -0.362. The summed E-state index contributed by atoms with van der Waals surface area (Å²) in [7, 11) is 0. The standard InChI is InChI=1S/C41H52N8O6S/c1-26(42-22-28-10-12-29(13-11-28)37-27(2)43-25-56-37)33-20-30(50)23-49(33)40(54)38(41(3,4)5)44-36(52)24-55-19-18-47-14-16-48(17-15-47)34-21-32(45-46-39(34)53)31-8-6-7-9-35(31)51/h6-13,21,25,30,33,38,42,50-51H,1,14-20,22-24H2,2-5H3,(H,44,52)(H,46,53)/t30-,33+,38-/m1/s1. The number of likely N-dealkylation sites (tertiary alicyclic amines) is 1. The van der Waals surface area contributed by atoms with Crippen molar-refractivity contribution in [1.29, 1.82) is 0 Å². The number of rotatable bonds is 14. The Bertz CT molecular complexity index is 2050. The van der Waals surface area contributed by atoms with Crippen LogP contribution in [0.2, 0.25) is 0 Å². The van der Waals surface area contributed by atoms with Gasteiger partial charge in [-0.3, -0.25) is 19.3 Å². The number of nitrogens with one attached hydrogen (secondary N) is 3. The van der Waals surface area contributed by atoms with Crippen molar-refractivity contribution >= 4 is 28.8 Å². The summed E-state index contributed by atoms with van der Waals surface area (Å²) in [5, 5.41) is 33.9. The molecule has 298 valence electrons. The van der Waals surface area contributed by atoms with Gasteiger partial charge in [-0.1, -0.05) is 63.7 Å². The minimum atomic E-state index is -0.849. The van der Waals surface area contributed by atoms with Crippen LogP contribution in [0.4, 0.5) is 5.69 Å². The van der Waals surface area contributed by atoms with Gasteiger partial charge in [-0.05, 0) is 41.7 Å². The van der Waals surface area contributed by atoms with E-state index in [0.29, 0.717) is 74.9 Å². The Morgan fingerprint density at radius 1 is 1.11 bits per heavy atom. The highest BCUT2D eigenvalue weighted by atomic mass is 32.1. The SMILES string of the molecule is C=C(NCc1ccc(-c2scnc2C)cc1)[C@@H]1C[C@@H](O)CN1C(=O)[C@@H](NC(=O)COCCN1CCN(c2cc(-c3ccccc3O)n[nH]c2=O)CC1)C(C)(C)C. The molecule has 0 saturated carbocycles. The van der Waals surface area contributed by atoms with E-state index >= 15 is 0 Å². The van der Waals surface area contributed by atoms with Crippen LogP contribution in [0.3, 0.4) is 0 Å². The van der Waals surface area contributed by atoms with Gasteiger partial charge in [0.25, 0.3) is 5.56 Å². The van der Waals surface area contributed by atoms with Gasteiger partial charge in [0.2, 0.25) is 11.8 Å². The average Bonchev–Trinajstić information content (AvgIpc) is 3.80. The number of aromatic amines is 1. The molecule has 0 radical (unpaired) electrons. The second kappa shape index (κ2) is 17.8. The third kappa shape index (κ3) is 9.82. The summed E-state index contributed by atoms with van der Waals surface area (Å²) in [5.74, 6) is -0.590. The number of ether oxygens (including phenoxy) is 1. The zero-order valence-electron chi connectivity index (χ0n) is 32.5. The fraction of sp³-hybridized carbons (Fsp3) is 0.439. The molecule has 4 aromatic rings. The number of piperazine rings is 1. The highest BCUT2D eigenvalue weighted by molar-refractivity contribution is 7.13. The van der Waals surface area contributed by atoms with Gasteiger partial charge in [0, 0.05) is 63.5 Å². The number of hydrogen-bond acceptors (Lipinski definition) is 12. The number of nitrogens with zero attached hydrogens (tertiary/aromatic N) is 5. The van der Waals surface area contributed by atoms with Crippen LogP contribution in [0.25, 0.3) is 21.7 Å². The first kappa shape index (κ1) is 40.6. The molecule has 2 amide bonds. The quantitative estimate of drug-likeness (QED) is 0.118. The molecule has 0 spiro atoms. The number of aromatic hydroxyl groups is 1. The largest absolute Gasteiger partial charge is 0.507 e. The van der Waals surface area contributed by atoms with Gasteiger partial charge in [0.1, 0.15) is 24.1 Å². The molecule has 6 rings (SSSR count). The zero-order chi connectivity index (χ0) is 40.0. The highest BCUT2D eigenvalue weighted by Gasteiger charge is 2.43. The molecule has 2 saturated heterocycles. The van der Waals surface area contributed by atoms with Crippen molar-refractivity contribution < 1.29 is 24.5 Å². The van der Waals surface area contributed by atoms with Crippen LogP contribution in [0.15, 0.2) is 77.2 Å². The van der Waals surface area contributed by atoms with Gasteiger partial charge in [-0.25, -0.2) is 10.1 Å². The number of carbonyl (C=O) groups excluding carboxylic acids is 2. The van der Waals surface area contributed by atoms with E-state index in [4.69, 9.17) is 4.74 Å². The second-order valence-corrected chi connectivity index (χ2v) is 16.3. The summed E-state index contributed by atoms with van der Waals surface area (Å²) in [6.45, 7) is 15.9. The molecule has 2 aromatic carbocycles. The number of amides is 2. The maximum Gasteiger partial charge on any atom is 0.287 e.